The summed E-state index contributed by atoms with van der Waals surface area (Å²) in [4.78, 5) is 23.5. The third-order valence-electron chi connectivity index (χ3n) is 4.24. The third-order valence-corrected chi connectivity index (χ3v) is 4.75. The lowest BCUT2D eigenvalue weighted by atomic mass is 10.2. The topological polar surface area (TPSA) is 67.4 Å². The monoisotopic (exact) mass is 426 g/mol. The highest BCUT2D eigenvalue weighted by molar-refractivity contribution is 6.38. The van der Waals surface area contributed by atoms with E-state index in [9.17, 15) is 4.79 Å². The molecule has 1 N–H and O–H groups in total. The summed E-state index contributed by atoms with van der Waals surface area (Å²) in [5.41, 5.74) is 0.666. The molecular weight excluding hydrogens is 399 g/mol. The van der Waals surface area contributed by atoms with Gasteiger partial charge in [0.05, 0.1) is 17.1 Å². The van der Waals surface area contributed by atoms with Crippen LogP contribution >= 0.6 is 23.2 Å². The van der Waals surface area contributed by atoms with Gasteiger partial charge < -0.3 is 15.0 Å². The minimum atomic E-state index is 0.0151. The molecular formula is C20H28Cl2N4O2. The summed E-state index contributed by atoms with van der Waals surface area (Å²) >= 11 is 12.6. The summed E-state index contributed by atoms with van der Waals surface area (Å²) in [6, 6.07) is 3.50. The SMILES string of the molecule is CCc1nc(N(CCOC)CCC(=O)NCC(C)C)c2cc(Cl)cc(Cl)c2n1. The van der Waals surface area contributed by atoms with Crippen molar-refractivity contribution in [3.63, 3.8) is 0 Å². The van der Waals surface area contributed by atoms with Gasteiger partial charge in [-0.2, -0.15) is 0 Å². The van der Waals surface area contributed by atoms with Gasteiger partial charge in [0.2, 0.25) is 5.91 Å². The van der Waals surface area contributed by atoms with Gasteiger partial charge in [0, 0.05) is 50.0 Å². The second-order valence-electron chi connectivity index (χ2n) is 7.03. The number of hydrogen-bond acceptors (Lipinski definition) is 5. The van der Waals surface area contributed by atoms with Gasteiger partial charge in [-0.3, -0.25) is 4.79 Å². The Kier molecular flexibility index (Phi) is 8.73. The molecule has 0 fully saturated rings. The Balaban J connectivity index is 2.36. The van der Waals surface area contributed by atoms with Crippen LogP contribution in [-0.2, 0) is 16.0 Å². The maximum Gasteiger partial charge on any atom is 0.221 e. The van der Waals surface area contributed by atoms with E-state index in [0.717, 1.165) is 11.2 Å². The number of anilines is 1. The number of amides is 1. The molecule has 28 heavy (non-hydrogen) atoms. The third kappa shape index (κ3) is 6.19. The Hall–Kier alpha value is -1.63. The summed E-state index contributed by atoms with van der Waals surface area (Å²) in [6.45, 7) is 8.40. The maximum absolute atomic E-state index is 12.2. The number of ether oxygens (including phenoxy) is 1. The van der Waals surface area contributed by atoms with Crippen molar-refractivity contribution < 1.29 is 9.53 Å². The van der Waals surface area contributed by atoms with Crippen molar-refractivity contribution in [2.75, 3.05) is 38.3 Å². The molecule has 1 amide bonds. The van der Waals surface area contributed by atoms with E-state index in [2.05, 4.69) is 24.1 Å². The molecule has 0 saturated heterocycles. The summed E-state index contributed by atoms with van der Waals surface area (Å²) in [5, 5.41) is 4.73. The van der Waals surface area contributed by atoms with Gasteiger partial charge in [0.1, 0.15) is 11.6 Å². The molecule has 0 saturated carbocycles. The normalized spacial score (nSPS) is 11.2. The van der Waals surface area contributed by atoms with E-state index in [4.69, 9.17) is 32.9 Å². The fourth-order valence-corrected chi connectivity index (χ4v) is 3.29. The Labute approximate surface area is 176 Å². The molecule has 1 aromatic heterocycles. The lowest BCUT2D eigenvalue weighted by Crippen LogP contribution is -2.35. The van der Waals surface area contributed by atoms with Gasteiger partial charge in [-0.05, 0) is 18.1 Å². The average Bonchev–Trinajstić information content (AvgIpc) is 2.66. The molecule has 0 bridgehead atoms. The highest BCUT2D eigenvalue weighted by Gasteiger charge is 2.18. The number of nitrogens with zero attached hydrogens (tertiary/aromatic N) is 3. The van der Waals surface area contributed by atoms with E-state index in [-0.39, 0.29) is 5.91 Å². The Morgan fingerprint density at radius 1 is 1.25 bits per heavy atom. The number of carbonyl (C=O) groups is 1. The van der Waals surface area contributed by atoms with Crippen LogP contribution in [0.3, 0.4) is 0 Å². The standard InChI is InChI=1S/C20H28Cl2N4O2/c1-5-17-24-19-15(10-14(21)11-16(19)22)20(25-17)26(8-9-28-4)7-6-18(27)23-12-13(2)3/h10-11,13H,5-9,12H2,1-4H3,(H,23,27). The van der Waals surface area contributed by atoms with E-state index in [1.54, 1.807) is 13.2 Å². The molecule has 0 unspecified atom stereocenters. The first-order valence-corrected chi connectivity index (χ1v) is 10.3. The minimum absolute atomic E-state index is 0.0151. The molecule has 0 aliphatic heterocycles. The fourth-order valence-electron chi connectivity index (χ4n) is 2.75. The van der Waals surface area contributed by atoms with Crippen molar-refractivity contribution in [1.82, 2.24) is 15.3 Å². The molecule has 0 atom stereocenters. The summed E-state index contributed by atoms with van der Waals surface area (Å²) in [7, 11) is 1.65. The molecule has 2 aromatic rings. The van der Waals surface area contributed by atoms with E-state index in [1.165, 1.54) is 0 Å². The minimum Gasteiger partial charge on any atom is -0.383 e. The number of rotatable bonds is 10. The largest absolute Gasteiger partial charge is 0.383 e. The lowest BCUT2D eigenvalue weighted by Gasteiger charge is -2.25. The van der Waals surface area contributed by atoms with Crippen LogP contribution in [0.15, 0.2) is 12.1 Å². The van der Waals surface area contributed by atoms with Crippen LogP contribution in [0.5, 0.6) is 0 Å². The number of fused-ring (bicyclic) bond motifs is 1. The van der Waals surface area contributed by atoms with Crippen molar-refractivity contribution in [1.29, 1.82) is 0 Å². The second kappa shape index (κ2) is 10.8. The number of benzene rings is 1. The number of carbonyl (C=O) groups excluding carboxylic acids is 1. The zero-order valence-electron chi connectivity index (χ0n) is 16.9. The van der Waals surface area contributed by atoms with Crippen LogP contribution < -0.4 is 10.2 Å². The first-order valence-electron chi connectivity index (χ1n) is 9.51. The van der Waals surface area contributed by atoms with Crippen molar-refractivity contribution in [3.8, 4) is 0 Å². The van der Waals surface area contributed by atoms with Crippen LogP contribution in [0.25, 0.3) is 10.9 Å². The van der Waals surface area contributed by atoms with Crippen LogP contribution in [0.1, 0.15) is 33.0 Å². The molecule has 154 valence electrons. The second-order valence-corrected chi connectivity index (χ2v) is 7.87. The molecule has 1 heterocycles. The quantitative estimate of drug-likeness (QED) is 0.618. The first-order chi connectivity index (χ1) is 13.3. The van der Waals surface area contributed by atoms with Crippen LogP contribution in [0.2, 0.25) is 10.0 Å². The highest BCUT2D eigenvalue weighted by atomic mass is 35.5. The predicted octanol–water partition coefficient (Wildman–Crippen LogP) is 4.11. The first kappa shape index (κ1) is 22.7. The number of aryl methyl sites for hydroxylation is 1. The molecule has 0 aliphatic rings. The molecule has 0 aliphatic carbocycles. The Morgan fingerprint density at radius 2 is 2.00 bits per heavy atom. The van der Waals surface area contributed by atoms with Gasteiger partial charge in [-0.25, -0.2) is 9.97 Å². The number of hydrogen-bond donors (Lipinski definition) is 1. The number of methoxy groups -OCH3 is 1. The number of nitrogens with one attached hydrogen (secondary N) is 1. The smallest absolute Gasteiger partial charge is 0.221 e. The van der Waals surface area contributed by atoms with E-state index < -0.39 is 0 Å². The van der Waals surface area contributed by atoms with E-state index in [0.29, 0.717) is 66.4 Å². The van der Waals surface area contributed by atoms with Crippen molar-refractivity contribution in [3.05, 3.63) is 28.0 Å². The van der Waals surface area contributed by atoms with Gasteiger partial charge in [-0.15, -0.1) is 0 Å². The number of aromatic nitrogens is 2. The van der Waals surface area contributed by atoms with Crippen LogP contribution in [0, 0.1) is 5.92 Å². The maximum atomic E-state index is 12.2. The Morgan fingerprint density at radius 3 is 2.64 bits per heavy atom. The van der Waals surface area contributed by atoms with Crippen LogP contribution in [-0.4, -0.2) is 49.2 Å². The van der Waals surface area contributed by atoms with Crippen molar-refractivity contribution in [2.24, 2.45) is 5.92 Å². The lowest BCUT2D eigenvalue weighted by molar-refractivity contribution is -0.121. The fraction of sp³-hybridized carbons (Fsp3) is 0.550. The van der Waals surface area contributed by atoms with Gasteiger partial charge in [0.15, 0.2) is 0 Å². The van der Waals surface area contributed by atoms with Crippen molar-refractivity contribution in [2.45, 2.75) is 33.6 Å². The average molecular weight is 427 g/mol. The summed E-state index contributed by atoms with van der Waals surface area (Å²) in [5.74, 6) is 1.84. The number of halogens is 2. The summed E-state index contributed by atoms with van der Waals surface area (Å²) in [6.07, 6.45) is 1.03. The van der Waals surface area contributed by atoms with E-state index in [1.807, 2.05) is 17.9 Å². The molecule has 1 aromatic carbocycles. The molecule has 8 heteroatoms. The zero-order valence-corrected chi connectivity index (χ0v) is 18.4. The molecule has 6 nitrogen and oxygen atoms in total. The van der Waals surface area contributed by atoms with Crippen LogP contribution in [0.4, 0.5) is 5.82 Å². The summed E-state index contributed by atoms with van der Waals surface area (Å²) < 4.78 is 5.26. The predicted molar refractivity (Wildman–Crippen MR) is 115 cm³/mol. The van der Waals surface area contributed by atoms with Gasteiger partial charge in [-0.1, -0.05) is 44.0 Å². The Bertz CT molecular complexity index is 814. The van der Waals surface area contributed by atoms with E-state index >= 15 is 0 Å². The zero-order chi connectivity index (χ0) is 20.7. The molecule has 0 spiro atoms. The molecule has 2 rings (SSSR count). The van der Waals surface area contributed by atoms with Gasteiger partial charge >= 0.3 is 0 Å². The van der Waals surface area contributed by atoms with Gasteiger partial charge in [0.25, 0.3) is 0 Å². The molecule has 0 radical (unpaired) electrons. The van der Waals surface area contributed by atoms with Crippen molar-refractivity contribution >= 4 is 45.8 Å². The highest BCUT2D eigenvalue weighted by Crippen LogP contribution is 2.32.